The number of hydrogen-bond acceptors (Lipinski definition) is 3. The van der Waals surface area contributed by atoms with Gasteiger partial charge in [-0.25, -0.2) is 0 Å². The molecule has 20 heavy (non-hydrogen) atoms. The number of aromatic nitrogens is 1. The van der Waals surface area contributed by atoms with E-state index in [0.29, 0.717) is 5.92 Å². The summed E-state index contributed by atoms with van der Waals surface area (Å²) in [6, 6.07) is 12.3. The molecule has 0 aliphatic carbocycles. The van der Waals surface area contributed by atoms with Crippen LogP contribution < -0.4 is 10.1 Å². The van der Waals surface area contributed by atoms with E-state index in [-0.39, 0.29) is 0 Å². The fourth-order valence-corrected chi connectivity index (χ4v) is 2.56. The maximum Gasteiger partial charge on any atom is 0.119 e. The highest BCUT2D eigenvalue weighted by molar-refractivity contribution is 5.62. The maximum atomic E-state index is 5.88. The van der Waals surface area contributed by atoms with Crippen molar-refractivity contribution >= 4 is 0 Å². The molecular weight excluding hydrogens is 248 g/mol. The van der Waals surface area contributed by atoms with Crippen molar-refractivity contribution in [3.05, 3.63) is 48.8 Å². The zero-order valence-electron chi connectivity index (χ0n) is 11.6. The van der Waals surface area contributed by atoms with Gasteiger partial charge in [-0.3, -0.25) is 4.98 Å². The Kier molecular flexibility index (Phi) is 4.28. The van der Waals surface area contributed by atoms with Gasteiger partial charge in [-0.2, -0.15) is 0 Å². The molecule has 2 aromatic rings. The Morgan fingerprint density at radius 1 is 1.15 bits per heavy atom. The van der Waals surface area contributed by atoms with Crippen molar-refractivity contribution in [3.63, 3.8) is 0 Å². The minimum absolute atomic E-state index is 0.641. The summed E-state index contributed by atoms with van der Waals surface area (Å²) < 4.78 is 5.88. The fraction of sp³-hybridized carbons (Fsp3) is 0.353. The van der Waals surface area contributed by atoms with Crippen molar-refractivity contribution in [2.24, 2.45) is 5.92 Å². The Balaban J connectivity index is 1.58. The van der Waals surface area contributed by atoms with Crippen LogP contribution in [0.1, 0.15) is 12.8 Å². The molecule has 1 N–H and O–H groups in total. The molecule has 0 bridgehead atoms. The van der Waals surface area contributed by atoms with Crippen LogP contribution in [0, 0.1) is 5.92 Å². The van der Waals surface area contributed by atoms with E-state index in [9.17, 15) is 0 Å². The van der Waals surface area contributed by atoms with E-state index in [1.807, 2.05) is 24.4 Å². The van der Waals surface area contributed by atoms with Crippen LogP contribution in [-0.2, 0) is 0 Å². The molecule has 3 rings (SSSR count). The summed E-state index contributed by atoms with van der Waals surface area (Å²) in [5.74, 6) is 1.59. The molecule has 1 aromatic carbocycles. The topological polar surface area (TPSA) is 34.1 Å². The monoisotopic (exact) mass is 268 g/mol. The number of ether oxygens (including phenoxy) is 1. The van der Waals surface area contributed by atoms with Gasteiger partial charge in [0.15, 0.2) is 0 Å². The average Bonchev–Trinajstić information content (AvgIpc) is 2.55. The number of pyridine rings is 1. The van der Waals surface area contributed by atoms with Gasteiger partial charge in [0, 0.05) is 24.9 Å². The molecule has 1 atom stereocenters. The number of piperidine rings is 1. The molecule has 104 valence electrons. The second kappa shape index (κ2) is 6.53. The molecule has 1 aromatic heterocycles. The van der Waals surface area contributed by atoms with Gasteiger partial charge in [0.25, 0.3) is 0 Å². The van der Waals surface area contributed by atoms with Crippen LogP contribution in [-0.4, -0.2) is 24.7 Å². The standard InChI is InChI=1S/C17H20N2O/c1-3-14(11-18-9-1)13-20-17-7-5-15(6-8-17)16-4-2-10-19-12-16/h2,4-8,10,12,14,18H,1,3,9,11,13H2. The summed E-state index contributed by atoms with van der Waals surface area (Å²) in [7, 11) is 0. The van der Waals surface area contributed by atoms with Crippen LogP contribution in [0.15, 0.2) is 48.8 Å². The van der Waals surface area contributed by atoms with Gasteiger partial charge in [0.2, 0.25) is 0 Å². The average molecular weight is 268 g/mol. The number of benzene rings is 1. The van der Waals surface area contributed by atoms with E-state index < -0.39 is 0 Å². The van der Waals surface area contributed by atoms with E-state index >= 15 is 0 Å². The summed E-state index contributed by atoms with van der Waals surface area (Å²) in [6.07, 6.45) is 6.19. The minimum atomic E-state index is 0.641. The molecule has 1 aliphatic rings. The quantitative estimate of drug-likeness (QED) is 0.925. The first-order chi connectivity index (χ1) is 9.92. The van der Waals surface area contributed by atoms with E-state index in [2.05, 4.69) is 28.5 Å². The van der Waals surface area contributed by atoms with Crippen molar-refractivity contribution in [3.8, 4) is 16.9 Å². The van der Waals surface area contributed by atoms with E-state index in [1.54, 1.807) is 6.20 Å². The van der Waals surface area contributed by atoms with E-state index in [1.165, 1.54) is 18.4 Å². The van der Waals surface area contributed by atoms with E-state index in [4.69, 9.17) is 4.74 Å². The van der Waals surface area contributed by atoms with Gasteiger partial charge in [0.1, 0.15) is 5.75 Å². The Labute approximate surface area is 120 Å². The number of nitrogens with zero attached hydrogens (tertiary/aromatic N) is 1. The third-order valence-electron chi connectivity index (χ3n) is 3.73. The lowest BCUT2D eigenvalue weighted by Crippen LogP contribution is -2.33. The Hall–Kier alpha value is -1.87. The molecule has 1 aliphatic heterocycles. The molecule has 0 amide bonds. The molecular formula is C17H20N2O. The SMILES string of the molecule is c1cncc(-c2ccc(OCC3CCCNC3)cc2)c1. The van der Waals surface area contributed by atoms with Gasteiger partial charge in [-0.05, 0) is 48.7 Å². The smallest absolute Gasteiger partial charge is 0.119 e. The van der Waals surface area contributed by atoms with Gasteiger partial charge >= 0.3 is 0 Å². The van der Waals surface area contributed by atoms with Gasteiger partial charge < -0.3 is 10.1 Å². The first-order valence-electron chi connectivity index (χ1n) is 7.26. The van der Waals surface area contributed by atoms with Gasteiger partial charge in [-0.1, -0.05) is 18.2 Å². The lowest BCUT2D eigenvalue weighted by Gasteiger charge is -2.22. The molecule has 0 radical (unpaired) electrons. The molecule has 1 fully saturated rings. The molecule has 3 nitrogen and oxygen atoms in total. The normalized spacial score (nSPS) is 18.7. The van der Waals surface area contributed by atoms with Crippen molar-refractivity contribution < 1.29 is 4.74 Å². The first-order valence-corrected chi connectivity index (χ1v) is 7.26. The Bertz CT molecular complexity index is 518. The molecule has 2 heterocycles. The largest absolute Gasteiger partial charge is 0.493 e. The Morgan fingerprint density at radius 3 is 2.75 bits per heavy atom. The van der Waals surface area contributed by atoms with Crippen LogP contribution in [0.2, 0.25) is 0 Å². The van der Waals surface area contributed by atoms with Crippen LogP contribution in [0.5, 0.6) is 5.75 Å². The van der Waals surface area contributed by atoms with Crippen LogP contribution in [0.4, 0.5) is 0 Å². The summed E-state index contributed by atoms with van der Waals surface area (Å²) in [6.45, 7) is 3.03. The third kappa shape index (κ3) is 3.36. The van der Waals surface area contributed by atoms with Crippen molar-refractivity contribution in [1.29, 1.82) is 0 Å². The molecule has 0 spiro atoms. The van der Waals surface area contributed by atoms with Gasteiger partial charge in [0.05, 0.1) is 6.61 Å². The molecule has 0 saturated carbocycles. The highest BCUT2D eigenvalue weighted by atomic mass is 16.5. The number of nitrogens with one attached hydrogen (secondary N) is 1. The van der Waals surface area contributed by atoms with E-state index in [0.717, 1.165) is 31.0 Å². The number of hydrogen-bond donors (Lipinski definition) is 1. The van der Waals surface area contributed by atoms with Gasteiger partial charge in [-0.15, -0.1) is 0 Å². The predicted octanol–water partition coefficient (Wildman–Crippen LogP) is 3.13. The van der Waals surface area contributed by atoms with Crippen molar-refractivity contribution in [2.45, 2.75) is 12.8 Å². The summed E-state index contributed by atoms with van der Waals surface area (Å²) in [4.78, 5) is 4.14. The number of rotatable bonds is 4. The summed E-state index contributed by atoms with van der Waals surface area (Å²) in [5.41, 5.74) is 2.31. The summed E-state index contributed by atoms with van der Waals surface area (Å²) in [5, 5.41) is 3.41. The summed E-state index contributed by atoms with van der Waals surface area (Å²) >= 11 is 0. The lowest BCUT2D eigenvalue weighted by molar-refractivity contribution is 0.218. The van der Waals surface area contributed by atoms with Crippen molar-refractivity contribution in [2.75, 3.05) is 19.7 Å². The third-order valence-corrected chi connectivity index (χ3v) is 3.73. The van der Waals surface area contributed by atoms with Crippen LogP contribution in [0.25, 0.3) is 11.1 Å². The lowest BCUT2D eigenvalue weighted by atomic mass is 10.0. The molecule has 1 unspecified atom stereocenters. The maximum absolute atomic E-state index is 5.88. The fourth-order valence-electron chi connectivity index (χ4n) is 2.56. The second-order valence-corrected chi connectivity index (χ2v) is 5.29. The first kappa shape index (κ1) is 13.1. The van der Waals surface area contributed by atoms with Crippen molar-refractivity contribution in [1.82, 2.24) is 10.3 Å². The Morgan fingerprint density at radius 2 is 2.05 bits per heavy atom. The minimum Gasteiger partial charge on any atom is -0.493 e. The highest BCUT2D eigenvalue weighted by Gasteiger charge is 2.13. The molecule has 3 heteroatoms. The zero-order chi connectivity index (χ0) is 13.6. The highest BCUT2D eigenvalue weighted by Crippen LogP contribution is 2.22. The molecule has 1 saturated heterocycles. The predicted molar refractivity (Wildman–Crippen MR) is 80.8 cm³/mol. The zero-order valence-corrected chi connectivity index (χ0v) is 11.6. The van der Waals surface area contributed by atoms with Crippen LogP contribution in [0.3, 0.4) is 0 Å². The second-order valence-electron chi connectivity index (χ2n) is 5.29. The van der Waals surface area contributed by atoms with Crippen LogP contribution >= 0.6 is 0 Å².